The summed E-state index contributed by atoms with van der Waals surface area (Å²) >= 11 is 1.57. The van der Waals surface area contributed by atoms with Crippen molar-refractivity contribution in [1.82, 2.24) is 15.0 Å². The van der Waals surface area contributed by atoms with Crippen LogP contribution in [0.25, 0.3) is 10.8 Å². The number of amides is 1. The van der Waals surface area contributed by atoms with Crippen molar-refractivity contribution in [3.8, 4) is 10.8 Å². The lowest BCUT2D eigenvalue weighted by Gasteiger charge is -2.15. The Kier molecular flexibility index (Phi) is 4.61. The number of carbonyl (C=O) groups is 1. The van der Waals surface area contributed by atoms with Gasteiger partial charge in [0.05, 0.1) is 4.88 Å². The zero-order valence-corrected chi connectivity index (χ0v) is 14.6. The van der Waals surface area contributed by atoms with E-state index in [2.05, 4.69) is 22.3 Å². The Balaban J connectivity index is 1.34. The third kappa shape index (κ3) is 3.64. The largest absolute Gasteiger partial charge is 0.342 e. The lowest BCUT2D eigenvalue weighted by atomic mass is 10.1. The summed E-state index contributed by atoms with van der Waals surface area (Å²) in [4.78, 5) is 19.6. The van der Waals surface area contributed by atoms with Crippen molar-refractivity contribution in [1.29, 1.82) is 0 Å². The number of likely N-dealkylation sites (tertiary alicyclic amines) is 1. The van der Waals surface area contributed by atoms with Gasteiger partial charge in [-0.1, -0.05) is 41.6 Å². The van der Waals surface area contributed by atoms with Gasteiger partial charge in [0.2, 0.25) is 5.91 Å². The predicted molar refractivity (Wildman–Crippen MR) is 96.3 cm³/mol. The summed E-state index contributed by atoms with van der Waals surface area (Å²) < 4.78 is 5.35. The second kappa shape index (κ2) is 7.19. The molecule has 5 nitrogen and oxygen atoms in total. The minimum absolute atomic E-state index is 0.0293. The Labute approximate surface area is 150 Å². The maximum atomic E-state index is 12.3. The molecule has 25 heavy (non-hydrogen) atoms. The Morgan fingerprint density at radius 1 is 1.20 bits per heavy atom. The van der Waals surface area contributed by atoms with Crippen molar-refractivity contribution in [2.75, 3.05) is 13.1 Å². The molecule has 0 N–H and O–H groups in total. The first kappa shape index (κ1) is 16.0. The molecule has 1 amide bonds. The molecule has 1 fully saturated rings. The molecule has 0 spiro atoms. The Morgan fingerprint density at radius 3 is 2.88 bits per heavy atom. The highest BCUT2D eigenvalue weighted by atomic mass is 32.1. The fourth-order valence-electron chi connectivity index (χ4n) is 3.18. The minimum Gasteiger partial charge on any atom is -0.342 e. The van der Waals surface area contributed by atoms with Crippen LogP contribution in [0.2, 0.25) is 0 Å². The van der Waals surface area contributed by atoms with E-state index in [4.69, 9.17) is 4.52 Å². The SMILES string of the molecule is O=C1CC(c2noc(-c3cccs3)n2)CN1CCCc1ccccc1. The Bertz CT molecular complexity index is 829. The molecule has 3 heterocycles. The Hall–Kier alpha value is -2.47. The number of hydrogen-bond acceptors (Lipinski definition) is 5. The van der Waals surface area contributed by atoms with Gasteiger partial charge >= 0.3 is 0 Å². The second-order valence-corrected chi connectivity index (χ2v) is 7.21. The third-order valence-corrected chi connectivity index (χ3v) is 5.35. The molecular weight excluding hydrogens is 334 g/mol. The van der Waals surface area contributed by atoms with E-state index in [0.29, 0.717) is 24.7 Å². The summed E-state index contributed by atoms with van der Waals surface area (Å²) in [5.41, 5.74) is 1.31. The average molecular weight is 353 g/mol. The van der Waals surface area contributed by atoms with Crippen LogP contribution in [0.15, 0.2) is 52.4 Å². The summed E-state index contributed by atoms with van der Waals surface area (Å²) in [5, 5.41) is 6.07. The quantitative estimate of drug-likeness (QED) is 0.677. The summed E-state index contributed by atoms with van der Waals surface area (Å²) in [7, 11) is 0. The number of benzene rings is 1. The molecule has 1 saturated heterocycles. The van der Waals surface area contributed by atoms with Gasteiger partial charge in [-0.25, -0.2) is 0 Å². The number of rotatable bonds is 6. The molecule has 128 valence electrons. The van der Waals surface area contributed by atoms with Crippen LogP contribution in [0.3, 0.4) is 0 Å². The van der Waals surface area contributed by atoms with Crippen LogP contribution in [-0.2, 0) is 11.2 Å². The van der Waals surface area contributed by atoms with E-state index in [1.807, 2.05) is 40.6 Å². The maximum absolute atomic E-state index is 12.3. The smallest absolute Gasteiger partial charge is 0.267 e. The fraction of sp³-hybridized carbons (Fsp3) is 0.316. The summed E-state index contributed by atoms with van der Waals surface area (Å²) in [6.07, 6.45) is 2.42. The van der Waals surface area contributed by atoms with Gasteiger partial charge in [-0.3, -0.25) is 4.79 Å². The first-order chi connectivity index (χ1) is 12.3. The van der Waals surface area contributed by atoms with Crippen molar-refractivity contribution >= 4 is 17.2 Å². The summed E-state index contributed by atoms with van der Waals surface area (Å²) in [6.45, 7) is 1.46. The van der Waals surface area contributed by atoms with E-state index in [1.54, 1.807) is 11.3 Å². The molecule has 1 aromatic carbocycles. The topological polar surface area (TPSA) is 59.2 Å². The van der Waals surface area contributed by atoms with E-state index in [1.165, 1.54) is 5.56 Å². The Morgan fingerprint density at radius 2 is 2.08 bits per heavy atom. The highest BCUT2D eigenvalue weighted by Gasteiger charge is 2.33. The van der Waals surface area contributed by atoms with Crippen LogP contribution >= 0.6 is 11.3 Å². The standard InChI is InChI=1S/C19H19N3O2S/c23-17-12-15(18-20-19(24-21-18)16-9-5-11-25-16)13-22(17)10-4-8-14-6-2-1-3-7-14/h1-3,5-7,9,11,15H,4,8,10,12-13H2. The maximum Gasteiger partial charge on any atom is 0.267 e. The molecule has 6 heteroatoms. The molecule has 1 unspecified atom stereocenters. The molecule has 3 aromatic rings. The van der Waals surface area contributed by atoms with Gasteiger partial charge in [0.25, 0.3) is 5.89 Å². The van der Waals surface area contributed by atoms with Crippen LogP contribution in [0.5, 0.6) is 0 Å². The van der Waals surface area contributed by atoms with Crippen molar-refractivity contribution in [2.45, 2.75) is 25.2 Å². The molecule has 1 aliphatic heterocycles. The van der Waals surface area contributed by atoms with Crippen molar-refractivity contribution in [3.05, 3.63) is 59.2 Å². The molecule has 0 radical (unpaired) electrons. The van der Waals surface area contributed by atoms with E-state index in [9.17, 15) is 4.79 Å². The van der Waals surface area contributed by atoms with Crippen LogP contribution in [0.4, 0.5) is 0 Å². The van der Waals surface area contributed by atoms with Crippen molar-refractivity contribution in [3.63, 3.8) is 0 Å². The molecule has 0 bridgehead atoms. The fourth-order valence-corrected chi connectivity index (χ4v) is 3.83. The molecule has 1 atom stereocenters. The lowest BCUT2D eigenvalue weighted by molar-refractivity contribution is -0.127. The van der Waals surface area contributed by atoms with Gasteiger partial charge in [-0.15, -0.1) is 11.3 Å². The summed E-state index contributed by atoms with van der Waals surface area (Å²) in [6, 6.07) is 14.3. The number of carbonyl (C=O) groups excluding carboxylic acids is 1. The first-order valence-electron chi connectivity index (χ1n) is 8.49. The van der Waals surface area contributed by atoms with Crippen molar-refractivity contribution in [2.24, 2.45) is 0 Å². The molecule has 1 aliphatic rings. The van der Waals surface area contributed by atoms with Gasteiger partial charge in [-0.05, 0) is 29.9 Å². The van der Waals surface area contributed by atoms with Gasteiger partial charge in [0.1, 0.15) is 0 Å². The van der Waals surface area contributed by atoms with Crippen molar-refractivity contribution < 1.29 is 9.32 Å². The van der Waals surface area contributed by atoms with E-state index >= 15 is 0 Å². The zero-order valence-electron chi connectivity index (χ0n) is 13.8. The van der Waals surface area contributed by atoms with Gasteiger partial charge in [-0.2, -0.15) is 4.98 Å². The predicted octanol–water partition coefficient (Wildman–Crippen LogP) is 3.75. The monoisotopic (exact) mass is 353 g/mol. The zero-order chi connectivity index (χ0) is 17.1. The highest BCUT2D eigenvalue weighted by Crippen LogP contribution is 2.29. The third-order valence-electron chi connectivity index (χ3n) is 4.49. The average Bonchev–Trinajstić information content (AvgIpc) is 3.36. The number of nitrogens with zero attached hydrogens (tertiary/aromatic N) is 3. The first-order valence-corrected chi connectivity index (χ1v) is 9.37. The van der Waals surface area contributed by atoms with Gasteiger partial charge in [0.15, 0.2) is 5.82 Å². The summed E-state index contributed by atoms with van der Waals surface area (Å²) in [5.74, 6) is 1.39. The molecule has 4 rings (SSSR count). The van der Waals surface area contributed by atoms with Crippen LogP contribution < -0.4 is 0 Å². The number of thiophene rings is 1. The highest BCUT2D eigenvalue weighted by molar-refractivity contribution is 7.13. The van der Waals surface area contributed by atoms with Crippen LogP contribution in [0, 0.1) is 0 Å². The lowest BCUT2D eigenvalue weighted by Crippen LogP contribution is -2.26. The minimum atomic E-state index is 0.0293. The number of hydrogen-bond donors (Lipinski definition) is 0. The normalized spacial score (nSPS) is 17.4. The molecule has 0 aliphatic carbocycles. The van der Waals surface area contributed by atoms with E-state index < -0.39 is 0 Å². The second-order valence-electron chi connectivity index (χ2n) is 6.26. The van der Waals surface area contributed by atoms with E-state index in [-0.39, 0.29) is 11.8 Å². The molecular formula is C19H19N3O2S. The number of aromatic nitrogens is 2. The number of aryl methyl sites for hydroxylation is 1. The van der Waals surface area contributed by atoms with Gasteiger partial charge in [0, 0.05) is 25.4 Å². The molecule has 0 saturated carbocycles. The van der Waals surface area contributed by atoms with Gasteiger partial charge < -0.3 is 9.42 Å². The molecule has 2 aromatic heterocycles. The van der Waals surface area contributed by atoms with E-state index in [0.717, 1.165) is 24.3 Å². The van der Waals surface area contributed by atoms with Crippen LogP contribution in [-0.4, -0.2) is 34.0 Å². The van der Waals surface area contributed by atoms with Crippen LogP contribution in [0.1, 0.15) is 30.1 Å².